The summed E-state index contributed by atoms with van der Waals surface area (Å²) in [5.41, 5.74) is -0.485. The van der Waals surface area contributed by atoms with Gasteiger partial charge in [0.25, 0.3) is 0 Å². The predicted molar refractivity (Wildman–Crippen MR) is 56.1 cm³/mol. The van der Waals surface area contributed by atoms with Crippen LogP contribution in [-0.4, -0.2) is 11.2 Å². The van der Waals surface area contributed by atoms with E-state index in [1.165, 1.54) is 12.1 Å². The molecule has 4 heteroatoms. The maximum atomic E-state index is 12.6. The molecule has 1 rings (SSSR count). The molecular weight excluding hydrogens is 217 g/mol. The molecule has 1 atom stereocenters. The fourth-order valence-corrected chi connectivity index (χ4v) is 1.66. The SMILES string of the molecule is CCCC(O)Cc1ccccc1C(F)(F)F. The van der Waals surface area contributed by atoms with Gasteiger partial charge in [-0.15, -0.1) is 0 Å². The standard InChI is InChI=1S/C12H15F3O/c1-2-5-10(16)8-9-6-3-4-7-11(9)12(13,14)15/h3-4,6-7,10,16H,2,5,8H2,1H3. The molecule has 0 spiro atoms. The van der Waals surface area contributed by atoms with Gasteiger partial charge < -0.3 is 5.11 Å². The Kier molecular flexibility index (Phi) is 4.35. The summed E-state index contributed by atoms with van der Waals surface area (Å²) in [4.78, 5) is 0. The minimum Gasteiger partial charge on any atom is -0.393 e. The highest BCUT2D eigenvalue weighted by Gasteiger charge is 2.33. The van der Waals surface area contributed by atoms with Gasteiger partial charge in [0.15, 0.2) is 0 Å². The predicted octanol–water partition coefficient (Wildman–Crippen LogP) is 3.41. The minimum absolute atomic E-state index is 0.0591. The smallest absolute Gasteiger partial charge is 0.393 e. The molecule has 1 unspecified atom stereocenters. The van der Waals surface area contributed by atoms with Crippen LogP contribution in [0.3, 0.4) is 0 Å². The summed E-state index contributed by atoms with van der Waals surface area (Å²) in [7, 11) is 0. The van der Waals surface area contributed by atoms with Gasteiger partial charge in [-0.05, 0) is 24.5 Å². The number of aliphatic hydroxyl groups is 1. The lowest BCUT2D eigenvalue weighted by molar-refractivity contribution is -0.138. The highest BCUT2D eigenvalue weighted by molar-refractivity contribution is 5.30. The van der Waals surface area contributed by atoms with Crippen molar-refractivity contribution in [2.45, 2.75) is 38.5 Å². The van der Waals surface area contributed by atoms with Gasteiger partial charge in [-0.2, -0.15) is 13.2 Å². The van der Waals surface area contributed by atoms with Crippen molar-refractivity contribution in [1.82, 2.24) is 0 Å². The number of alkyl halides is 3. The molecule has 16 heavy (non-hydrogen) atoms. The van der Waals surface area contributed by atoms with Crippen LogP contribution < -0.4 is 0 Å². The third kappa shape index (κ3) is 3.52. The molecule has 1 aromatic carbocycles. The van der Waals surface area contributed by atoms with Crippen molar-refractivity contribution in [2.75, 3.05) is 0 Å². The molecule has 0 radical (unpaired) electrons. The lowest BCUT2D eigenvalue weighted by atomic mass is 9.99. The molecule has 0 fully saturated rings. The van der Waals surface area contributed by atoms with Gasteiger partial charge in [0.1, 0.15) is 0 Å². The van der Waals surface area contributed by atoms with Crippen LogP contribution in [0, 0.1) is 0 Å². The maximum Gasteiger partial charge on any atom is 0.416 e. The van der Waals surface area contributed by atoms with Gasteiger partial charge in [0.2, 0.25) is 0 Å². The number of halogens is 3. The molecule has 1 aromatic rings. The molecule has 0 heterocycles. The normalized spacial score (nSPS) is 13.8. The second-order valence-electron chi connectivity index (χ2n) is 3.80. The summed E-state index contributed by atoms with van der Waals surface area (Å²) in [6.45, 7) is 1.89. The first-order valence-electron chi connectivity index (χ1n) is 5.28. The van der Waals surface area contributed by atoms with Crippen LogP contribution in [-0.2, 0) is 12.6 Å². The maximum absolute atomic E-state index is 12.6. The number of aliphatic hydroxyl groups excluding tert-OH is 1. The molecule has 0 amide bonds. The van der Waals surface area contributed by atoms with Crippen molar-refractivity contribution >= 4 is 0 Å². The van der Waals surface area contributed by atoms with E-state index in [2.05, 4.69) is 0 Å². The summed E-state index contributed by atoms with van der Waals surface area (Å²) in [6, 6.07) is 5.39. The number of rotatable bonds is 4. The molecule has 0 saturated carbocycles. The van der Waals surface area contributed by atoms with Crippen LogP contribution in [0.4, 0.5) is 13.2 Å². The first-order valence-corrected chi connectivity index (χ1v) is 5.28. The summed E-state index contributed by atoms with van der Waals surface area (Å²) in [5.74, 6) is 0. The van der Waals surface area contributed by atoms with E-state index in [4.69, 9.17) is 0 Å². The summed E-state index contributed by atoms with van der Waals surface area (Å²) < 4.78 is 37.8. The first-order chi connectivity index (χ1) is 7.45. The Morgan fingerprint density at radius 2 is 1.88 bits per heavy atom. The largest absolute Gasteiger partial charge is 0.416 e. The molecule has 0 aromatic heterocycles. The first kappa shape index (κ1) is 13.0. The Hall–Kier alpha value is -1.03. The monoisotopic (exact) mass is 232 g/mol. The Balaban J connectivity index is 2.87. The second-order valence-corrected chi connectivity index (χ2v) is 3.80. The zero-order valence-corrected chi connectivity index (χ0v) is 9.09. The third-order valence-electron chi connectivity index (χ3n) is 2.40. The fraction of sp³-hybridized carbons (Fsp3) is 0.500. The zero-order valence-electron chi connectivity index (χ0n) is 9.09. The van der Waals surface area contributed by atoms with Gasteiger partial charge in [0, 0.05) is 0 Å². The van der Waals surface area contributed by atoms with Crippen LogP contribution in [0.1, 0.15) is 30.9 Å². The van der Waals surface area contributed by atoms with Gasteiger partial charge in [-0.1, -0.05) is 31.5 Å². The van der Waals surface area contributed by atoms with Crippen LogP contribution in [0.25, 0.3) is 0 Å². The Morgan fingerprint density at radius 1 is 1.25 bits per heavy atom. The number of benzene rings is 1. The van der Waals surface area contributed by atoms with Gasteiger partial charge in [0.05, 0.1) is 11.7 Å². The molecule has 1 nitrogen and oxygen atoms in total. The molecule has 0 aliphatic rings. The Labute approximate surface area is 92.9 Å². The molecular formula is C12H15F3O. The van der Waals surface area contributed by atoms with E-state index < -0.39 is 17.8 Å². The summed E-state index contributed by atoms with van der Waals surface area (Å²) in [5, 5.41) is 9.53. The van der Waals surface area contributed by atoms with Crippen molar-refractivity contribution in [1.29, 1.82) is 0 Å². The van der Waals surface area contributed by atoms with Gasteiger partial charge in [-0.3, -0.25) is 0 Å². The molecule has 0 aliphatic carbocycles. The molecule has 0 saturated heterocycles. The van der Waals surface area contributed by atoms with Crippen molar-refractivity contribution in [3.05, 3.63) is 35.4 Å². The van der Waals surface area contributed by atoms with Crippen LogP contribution >= 0.6 is 0 Å². The van der Waals surface area contributed by atoms with Crippen LogP contribution in [0.5, 0.6) is 0 Å². The fourth-order valence-electron chi connectivity index (χ4n) is 1.66. The average Bonchev–Trinajstić information content (AvgIpc) is 2.17. The second kappa shape index (κ2) is 5.34. The van der Waals surface area contributed by atoms with E-state index in [1.807, 2.05) is 6.92 Å². The van der Waals surface area contributed by atoms with E-state index in [-0.39, 0.29) is 12.0 Å². The molecule has 1 N–H and O–H groups in total. The zero-order chi connectivity index (χ0) is 12.2. The Bertz CT molecular complexity index is 333. The molecule has 0 bridgehead atoms. The summed E-state index contributed by atoms with van der Waals surface area (Å²) >= 11 is 0. The lowest BCUT2D eigenvalue weighted by Crippen LogP contribution is -2.15. The van der Waals surface area contributed by atoms with Crippen molar-refractivity contribution < 1.29 is 18.3 Å². The quantitative estimate of drug-likeness (QED) is 0.843. The van der Waals surface area contributed by atoms with E-state index in [9.17, 15) is 18.3 Å². The van der Waals surface area contributed by atoms with Crippen molar-refractivity contribution in [2.24, 2.45) is 0 Å². The molecule has 90 valence electrons. The summed E-state index contributed by atoms with van der Waals surface area (Å²) in [6.07, 6.45) is -3.71. The van der Waals surface area contributed by atoms with E-state index in [1.54, 1.807) is 6.07 Å². The Morgan fingerprint density at radius 3 is 2.44 bits per heavy atom. The number of hydrogen-bond acceptors (Lipinski definition) is 1. The molecule has 0 aliphatic heterocycles. The van der Waals surface area contributed by atoms with E-state index >= 15 is 0 Å². The highest BCUT2D eigenvalue weighted by atomic mass is 19.4. The van der Waals surface area contributed by atoms with Crippen molar-refractivity contribution in [3.8, 4) is 0 Å². The average molecular weight is 232 g/mol. The minimum atomic E-state index is -4.34. The third-order valence-corrected chi connectivity index (χ3v) is 2.40. The lowest BCUT2D eigenvalue weighted by Gasteiger charge is -2.15. The van der Waals surface area contributed by atoms with E-state index in [0.717, 1.165) is 12.5 Å². The van der Waals surface area contributed by atoms with Crippen LogP contribution in [0.15, 0.2) is 24.3 Å². The van der Waals surface area contributed by atoms with E-state index in [0.29, 0.717) is 6.42 Å². The van der Waals surface area contributed by atoms with Gasteiger partial charge >= 0.3 is 6.18 Å². The highest BCUT2D eigenvalue weighted by Crippen LogP contribution is 2.32. The topological polar surface area (TPSA) is 20.2 Å². The number of hydrogen-bond donors (Lipinski definition) is 1. The van der Waals surface area contributed by atoms with Crippen LogP contribution in [0.2, 0.25) is 0 Å². The van der Waals surface area contributed by atoms with Gasteiger partial charge in [-0.25, -0.2) is 0 Å². The van der Waals surface area contributed by atoms with Crippen molar-refractivity contribution in [3.63, 3.8) is 0 Å².